The number of aromatic nitrogens is 1. The average Bonchev–Trinajstić information content (AvgIpc) is 3.07. The quantitative estimate of drug-likeness (QED) is 0.897. The predicted molar refractivity (Wildman–Crippen MR) is 89.1 cm³/mol. The number of carbonyl (C=O) groups is 1. The summed E-state index contributed by atoms with van der Waals surface area (Å²) in [6.45, 7) is 0.487. The fourth-order valence-electron chi connectivity index (χ4n) is 2.32. The number of pyridine rings is 1. The molecule has 0 saturated carbocycles. The molecule has 2 heterocycles. The van der Waals surface area contributed by atoms with Crippen LogP contribution >= 0.6 is 11.8 Å². The number of thioether (sulfide) groups is 1. The van der Waals surface area contributed by atoms with E-state index in [1.54, 1.807) is 34.7 Å². The van der Waals surface area contributed by atoms with Gasteiger partial charge in [-0.05, 0) is 17.7 Å². The zero-order valence-corrected chi connectivity index (χ0v) is 12.8. The van der Waals surface area contributed by atoms with Crippen LogP contribution in [0.3, 0.4) is 0 Å². The molecule has 0 aliphatic carbocycles. The smallest absolute Gasteiger partial charge is 0.274 e. The highest BCUT2D eigenvalue weighted by Gasteiger charge is 2.23. The summed E-state index contributed by atoms with van der Waals surface area (Å²) in [5, 5.41) is 5.82. The Balaban J connectivity index is 1.77. The Hall–Kier alpha value is -2.05. The highest BCUT2D eigenvalue weighted by molar-refractivity contribution is 7.99. The maximum Gasteiger partial charge on any atom is 0.274 e. The first kappa shape index (κ1) is 14.9. The van der Waals surface area contributed by atoms with E-state index in [9.17, 15) is 9.59 Å². The maximum absolute atomic E-state index is 12.4. The van der Waals surface area contributed by atoms with Crippen LogP contribution in [0.2, 0.25) is 0 Å². The number of nitrogens with zero attached hydrogens (tertiary/aromatic N) is 1. The van der Waals surface area contributed by atoms with Gasteiger partial charge in [0.15, 0.2) is 0 Å². The molecule has 1 aromatic heterocycles. The number of hydrogen-bond acceptors (Lipinski definition) is 4. The topological polar surface area (TPSA) is 63.1 Å². The van der Waals surface area contributed by atoms with E-state index >= 15 is 0 Å². The fraction of sp³-hybridized carbons (Fsp3) is 0.250. The van der Waals surface area contributed by atoms with Gasteiger partial charge < -0.3 is 9.88 Å². The van der Waals surface area contributed by atoms with Crippen molar-refractivity contribution in [3.63, 3.8) is 0 Å². The van der Waals surface area contributed by atoms with Crippen molar-refractivity contribution in [1.29, 1.82) is 0 Å². The summed E-state index contributed by atoms with van der Waals surface area (Å²) < 4.78 is 1.60. The number of carbonyl (C=O) groups excluding carboxylic acids is 1. The number of amides is 1. The van der Waals surface area contributed by atoms with Crippen LogP contribution in [0, 0.1) is 0 Å². The van der Waals surface area contributed by atoms with Crippen molar-refractivity contribution in [2.24, 2.45) is 0 Å². The molecule has 3 rings (SSSR count). The molecule has 1 unspecified atom stereocenters. The molecule has 1 amide bonds. The molecule has 1 fully saturated rings. The highest BCUT2D eigenvalue weighted by Crippen LogP contribution is 2.11. The van der Waals surface area contributed by atoms with Crippen molar-refractivity contribution in [1.82, 2.24) is 9.88 Å². The zero-order valence-electron chi connectivity index (χ0n) is 12.0. The molecule has 0 radical (unpaired) electrons. The molecule has 22 heavy (non-hydrogen) atoms. The molecule has 1 aromatic carbocycles. The van der Waals surface area contributed by atoms with Crippen LogP contribution in [-0.4, -0.2) is 28.1 Å². The van der Waals surface area contributed by atoms with Gasteiger partial charge in [0.05, 0.1) is 12.6 Å². The van der Waals surface area contributed by atoms with Gasteiger partial charge in [0, 0.05) is 17.8 Å². The number of hydrogen-bond donors (Lipinski definition) is 2. The second-order valence-corrected chi connectivity index (χ2v) is 6.13. The Morgan fingerprint density at radius 2 is 2.09 bits per heavy atom. The molecule has 0 spiro atoms. The third kappa shape index (κ3) is 3.40. The van der Waals surface area contributed by atoms with Crippen molar-refractivity contribution in [2.75, 3.05) is 16.9 Å². The molecule has 1 atom stereocenters. The summed E-state index contributed by atoms with van der Waals surface area (Å²) in [5.74, 6) is 1.35. The number of anilines is 1. The molecule has 1 aliphatic heterocycles. The van der Waals surface area contributed by atoms with E-state index in [0.717, 1.165) is 17.2 Å². The molecule has 1 aliphatic rings. The van der Waals surface area contributed by atoms with E-state index in [0.29, 0.717) is 12.2 Å². The SMILES string of the molecule is O=C(Nc1cccn(Cc2ccccc2)c1=O)C1CSCN1. The average molecular weight is 315 g/mol. The first-order valence-corrected chi connectivity index (χ1v) is 8.25. The Kier molecular flexibility index (Phi) is 4.60. The lowest BCUT2D eigenvalue weighted by Gasteiger charge is -2.12. The van der Waals surface area contributed by atoms with Crippen LogP contribution < -0.4 is 16.2 Å². The molecule has 0 bridgehead atoms. The van der Waals surface area contributed by atoms with Gasteiger partial charge in [-0.2, -0.15) is 0 Å². The monoisotopic (exact) mass is 315 g/mol. The third-order valence-corrected chi connectivity index (χ3v) is 4.45. The summed E-state index contributed by atoms with van der Waals surface area (Å²) in [7, 11) is 0. The van der Waals surface area contributed by atoms with E-state index in [1.807, 2.05) is 30.3 Å². The summed E-state index contributed by atoms with van der Waals surface area (Å²) >= 11 is 1.67. The van der Waals surface area contributed by atoms with Gasteiger partial charge in [0.1, 0.15) is 5.69 Å². The molecular formula is C16H17N3O2S. The lowest BCUT2D eigenvalue weighted by molar-refractivity contribution is -0.117. The van der Waals surface area contributed by atoms with E-state index < -0.39 is 0 Å². The Labute approximate surface area is 132 Å². The van der Waals surface area contributed by atoms with Crippen molar-refractivity contribution >= 4 is 23.4 Å². The second-order valence-electron chi connectivity index (χ2n) is 5.10. The predicted octanol–water partition coefficient (Wildman–Crippen LogP) is 1.50. The van der Waals surface area contributed by atoms with Gasteiger partial charge in [-0.3, -0.25) is 14.9 Å². The molecule has 5 nitrogen and oxygen atoms in total. The van der Waals surface area contributed by atoms with Crippen molar-refractivity contribution in [2.45, 2.75) is 12.6 Å². The molecule has 2 aromatic rings. The van der Waals surface area contributed by atoms with Gasteiger partial charge >= 0.3 is 0 Å². The molecule has 2 N–H and O–H groups in total. The van der Waals surface area contributed by atoms with Gasteiger partial charge in [-0.25, -0.2) is 0 Å². The van der Waals surface area contributed by atoms with Crippen LogP contribution in [0.1, 0.15) is 5.56 Å². The van der Waals surface area contributed by atoms with Gasteiger partial charge in [0.25, 0.3) is 5.56 Å². The van der Waals surface area contributed by atoms with Crippen LogP contribution in [0.15, 0.2) is 53.5 Å². The first-order chi connectivity index (χ1) is 10.7. The summed E-state index contributed by atoms with van der Waals surface area (Å²) in [5.41, 5.74) is 1.18. The maximum atomic E-state index is 12.4. The lowest BCUT2D eigenvalue weighted by atomic mass is 10.2. The van der Waals surface area contributed by atoms with E-state index in [4.69, 9.17) is 0 Å². The summed E-state index contributed by atoms with van der Waals surface area (Å²) in [4.78, 5) is 24.5. The standard InChI is InChI=1S/C16H17N3O2S/c20-15(14-10-22-11-17-14)18-13-7-4-8-19(16(13)21)9-12-5-2-1-3-6-12/h1-8,14,17H,9-11H2,(H,18,20). The van der Waals surface area contributed by atoms with Gasteiger partial charge in [-0.15, -0.1) is 11.8 Å². The van der Waals surface area contributed by atoms with Crippen molar-refractivity contribution in [3.05, 3.63) is 64.6 Å². The first-order valence-electron chi connectivity index (χ1n) is 7.09. The van der Waals surface area contributed by atoms with E-state index in [2.05, 4.69) is 10.6 Å². The largest absolute Gasteiger partial charge is 0.320 e. The van der Waals surface area contributed by atoms with E-state index in [-0.39, 0.29) is 17.5 Å². The van der Waals surface area contributed by atoms with Crippen molar-refractivity contribution < 1.29 is 4.79 Å². The van der Waals surface area contributed by atoms with Crippen LogP contribution in [0.4, 0.5) is 5.69 Å². The zero-order chi connectivity index (χ0) is 15.4. The fourth-order valence-corrected chi connectivity index (χ4v) is 3.26. The minimum absolute atomic E-state index is 0.153. The van der Waals surface area contributed by atoms with Crippen LogP contribution in [0.25, 0.3) is 0 Å². The Morgan fingerprint density at radius 1 is 1.27 bits per heavy atom. The summed E-state index contributed by atoms with van der Waals surface area (Å²) in [6.07, 6.45) is 1.73. The van der Waals surface area contributed by atoms with Crippen LogP contribution in [0.5, 0.6) is 0 Å². The number of rotatable bonds is 4. The number of nitrogens with one attached hydrogen (secondary N) is 2. The van der Waals surface area contributed by atoms with Gasteiger partial charge in [0.2, 0.25) is 5.91 Å². The summed E-state index contributed by atoms with van der Waals surface area (Å²) in [6, 6.07) is 12.9. The Bertz CT molecular complexity index is 709. The minimum Gasteiger partial charge on any atom is -0.320 e. The minimum atomic E-state index is -0.229. The third-order valence-electron chi connectivity index (χ3n) is 3.51. The van der Waals surface area contributed by atoms with E-state index in [1.165, 1.54) is 0 Å². The lowest BCUT2D eigenvalue weighted by Crippen LogP contribution is -2.39. The highest BCUT2D eigenvalue weighted by atomic mass is 32.2. The second kappa shape index (κ2) is 6.81. The molecular weight excluding hydrogens is 298 g/mol. The van der Waals surface area contributed by atoms with Crippen LogP contribution in [-0.2, 0) is 11.3 Å². The molecule has 6 heteroatoms. The Morgan fingerprint density at radius 3 is 2.82 bits per heavy atom. The number of benzene rings is 1. The van der Waals surface area contributed by atoms with Gasteiger partial charge in [-0.1, -0.05) is 30.3 Å². The molecule has 114 valence electrons. The van der Waals surface area contributed by atoms with Crippen molar-refractivity contribution in [3.8, 4) is 0 Å². The molecule has 1 saturated heterocycles. The normalized spacial score (nSPS) is 17.4.